The van der Waals surface area contributed by atoms with Crippen molar-refractivity contribution in [2.24, 2.45) is 0 Å². The van der Waals surface area contributed by atoms with Gasteiger partial charge in [-0.3, -0.25) is 9.10 Å². The van der Waals surface area contributed by atoms with Crippen LogP contribution in [0.4, 0.5) is 11.4 Å². The third kappa shape index (κ3) is 3.91. The molecule has 0 heterocycles. The lowest BCUT2D eigenvalue weighted by Gasteiger charge is -2.17. The fourth-order valence-corrected chi connectivity index (χ4v) is 4.14. The van der Waals surface area contributed by atoms with Crippen LogP contribution in [0.15, 0.2) is 54.6 Å². The topological polar surface area (TPSA) is 75.7 Å². The van der Waals surface area contributed by atoms with Crippen molar-refractivity contribution in [3.63, 3.8) is 0 Å². The number of carbonyl (C=O) groups is 1. The molecule has 1 amide bonds. The van der Waals surface area contributed by atoms with Crippen molar-refractivity contribution >= 4 is 38.1 Å². The van der Waals surface area contributed by atoms with E-state index in [4.69, 9.17) is 4.74 Å². The molecule has 0 spiro atoms. The molecule has 0 radical (unpaired) electrons. The van der Waals surface area contributed by atoms with Crippen LogP contribution in [0, 0.1) is 0 Å². The monoisotopic (exact) mass is 410 g/mol. The summed E-state index contributed by atoms with van der Waals surface area (Å²) in [6, 6.07) is 16.8. The fraction of sp³-hybridized carbons (Fsp3) is 0.227. The first-order valence-electron chi connectivity index (χ1n) is 9.33. The molecule has 1 aliphatic rings. The summed E-state index contributed by atoms with van der Waals surface area (Å²) in [7, 11) is -1.84. The number of amides is 1. The minimum atomic E-state index is -3.32. The largest absolute Gasteiger partial charge is 0.484 e. The van der Waals surface area contributed by atoms with E-state index < -0.39 is 10.0 Å². The Morgan fingerprint density at radius 2 is 1.72 bits per heavy atom. The first kappa shape index (κ1) is 19.3. The number of ether oxygens (including phenoxy) is 1. The van der Waals surface area contributed by atoms with Gasteiger partial charge in [0.25, 0.3) is 5.91 Å². The quantitative estimate of drug-likeness (QED) is 0.676. The molecule has 0 saturated heterocycles. The summed E-state index contributed by atoms with van der Waals surface area (Å²) in [5.74, 6) is 0.243. The van der Waals surface area contributed by atoms with Crippen molar-refractivity contribution in [3.8, 4) is 5.75 Å². The van der Waals surface area contributed by atoms with Gasteiger partial charge in [0.2, 0.25) is 10.0 Å². The van der Waals surface area contributed by atoms with E-state index in [0.717, 1.165) is 30.2 Å². The van der Waals surface area contributed by atoms with Gasteiger partial charge in [0.1, 0.15) is 5.75 Å². The second-order valence-electron chi connectivity index (χ2n) is 7.17. The molecular formula is C22H22N2O4S. The smallest absolute Gasteiger partial charge is 0.262 e. The molecule has 0 saturated carbocycles. The van der Waals surface area contributed by atoms with Gasteiger partial charge < -0.3 is 10.1 Å². The highest BCUT2D eigenvalue weighted by atomic mass is 32.2. The molecular weight excluding hydrogens is 388 g/mol. The number of hydrogen-bond acceptors (Lipinski definition) is 4. The Morgan fingerprint density at radius 3 is 2.41 bits per heavy atom. The maximum atomic E-state index is 12.4. The summed E-state index contributed by atoms with van der Waals surface area (Å²) in [6.45, 7) is -0.135. The number of benzene rings is 3. The lowest BCUT2D eigenvalue weighted by Crippen LogP contribution is -2.24. The van der Waals surface area contributed by atoms with Gasteiger partial charge in [-0.1, -0.05) is 24.3 Å². The first-order valence-corrected chi connectivity index (χ1v) is 11.2. The second-order valence-corrected chi connectivity index (χ2v) is 9.19. The summed E-state index contributed by atoms with van der Waals surface area (Å²) in [5, 5.41) is 5.24. The Bertz CT molecular complexity index is 1180. The Labute approximate surface area is 170 Å². The molecule has 0 bridgehead atoms. The molecule has 0 aromatic heterocycles. The SMILES string of the molecule is CN(c1ccc(OCC(=O)Nc2ccc3c4c(cccc24)CC3)cc1)S(C)(=O)=O. The molecule has 3 aromatic rings. The molecule has 0 aliphatic heterocycles. The Balaban J connectivity index is 1.42. The lowest BCUT2D eigenvalue weighted by molar-refractivity contribution is -0.118. The summed E-state index contributed by atoms with van der Waals surface area (Å²) in [6.07, 6.45) is 3.22. The molecule has 0 fully saturated rings. The van der Waals surface area contributed by atoms with Crippen molar-refractivity contribution in [2.45, 2.75) is 12.8 Å². The predicted molar refractivity (Wildman–Crippen MR) is 115 cm³/mol. The highest BCUT2D eigenvalue weighted by molar-refractivity contribution is 7.92. The van der Waals surface area contributed by atoms with Crippen LogP contribution in [0.3, 0.4) is 0 Å². The van der Waals surface area contributed by atoms with Crippen LogP contribution in [-0.2, 0) is 27.7 Å². The molecule has 1 N–H and O–H groups in total. The molecule has 150 valence electrons. The Morgan fingerprint density at radius 1 is 1.03 bits per heavy atom. The van der Waals surface area contributed by atoms with Crippen LogP contribution in [0.5, 0.6) is 5.75 Å². The van der Waals surface area contributed by atoms with Gasteiger partial charge >= 0.3 is 0 Å². The maximum Gasteiger partial charge on any atom is 0.262 e. The van der Waals surface area contributed by atoms with Gasteiger partial charge in [-0.15, -0.1) is 0 Å². The van der Waals surface area contributed by atoms with E-state index in [1.54, 1.807) is 24.3 Å². The number of sulfonamides is 1. The fourth-order valence-electron chi connectivity index (χ4n) is 3.63. The van der Waals surface area contributed by atoms with Crippen molar-refractivity contribution in [3.05, 3.63) is 65.7 Å². The van der Waals surface area contributed by atoms with Crippen molar-refractivity contribution in [1.29, 1.82) is 0 Å². The van der Waals surface area contributed by atoms with Crippen molar-refractivity contribution in [2.75, 3.05) is 29.5 Å². The van der Waals surface area contributed by atoms with Crippen molar-refractivity contribution < 1.29 is 17.9 Å². The lowest BCUT2D eigenvalue weighted by atomic mass is 10.0. The second kappa shape index (κ2) is 7.40. The maximum absolute atomic E-state index is 12.4. The van der Waals surface area contributed by atoms with Crippen LogP contribution in [0.1, 0.15) is 11.1 Å². The van der Waals surface area contributed by atoms with Gasteiger partial charge in [-0.05, 0) is 59.7 Å². The summed E-state index contributed by atoms with van der Waals surface area (Å²) in [5.41, 5.74) is 3.96. The normalized spacial score (nSPS) is 12.8. The van der Waals surface area contributed by atoms with Crippen molar-refractivity contribution in [1.82, 2.24) is 0 Å². The standard InChI is InChI=1S/C22H22N2O4S/c1-24(29(2,26)27)17-9-11-18(12-10-17)28-14-21(25)23-20-13-8-16-7-6-15-4-3-5-19(20)22(15)16/h3-5,8-13H,6-7,14H2,1-2H3,(H,23,25). The molecule has 0 atom stereocenters. The molecule has 6 nitrogen and oxygen atoms in total. The van der Waals surface area contributed by atoms with Gasteiger partial charge in [0.05, 0.1) is 11.9 Å². The Kier molecular flexibility index (Phi) is 4.92. The van der Waals surface area contributed by atoms with Crippen LogP contribution in [-0.4, -0.2) is 34.2 Å². The van der Waals surface area contributed by atoms with Crippen LogP contribution < -0.4 is 14.4 Å². The number of rotatable bonds is 6. The summed E-state index contributed by atoms with van der Waals surface area (Å²) < 4.78 is 29.9. The minimum absolute atomic E-state index is 0.135. The third-order valence-corrected chi connectivity index (χ3v) is 6.42. The van der Waals surface area contributed by atoms with E-state index in [-0.39, 0.29) is 12.5 Å². The van der Waals surface area contributed by atoms with Crippen LogP contribution in [0.2, 0.25) is 0 Å². The zero-order valence-electron chi connectivity index (χ0n) is 16.3. The average molecular weight is 410 g/mol. The van der Waals surface area contributed by atoms with Crippen LogP contribution >= 0.6 is 0 Å². The number of nitrogens with one attached hydrogen (secondary N) is 1. The van der Waals surface area contributed by atoms with Crippen LogP contribution in [0.25, 0.3) is 10.8 Å². The zero-order valence-corrected chi connectivity index (χ0v) is 17.1. The van der Waals surface area contributed by atoms with E-state index in [0.29, 0.717) is 11.4 Å². The molecule has 0 unspecified atom stereocenters. The third-order valence-electron chi connectivity index (χ3n) is 5.22. The molecule has 1 aliphatic carbocycles. The van der Waals surface area contributed by atoms with Gasteiger partial charge in [0.15, 0.2) is 6.61 Å². The average Bonchev–Trinajstić information content (AvgIpc) is 3.12. The minimum Gasteiger partial charge on any atom is -0.484 e. The van der Waals surface area contributed by atoms with E-state index in [1.165, 1.54) is 27.9 Å². The highest BCUT2D eigenvalue weighted by Gasteiger charge is 2.17. The van der Waals surface area contributed by atoms with Gasteiger partial charge in [0, 0.05) is 18.1 Å². The molecule has 29 heavy (non-hydrogen) atoms. The molecule has 3 aromatic carbocycles. The summed E-state index contributed by atoms with van der Waals surface area (Å²) >= 11 is 0. The zero-order chi connectivity index (χ0) is 20.6. The number of hydrogen-bond donors (Lipinski definition) is 1. The first-order chi connectivity index (χ1) is 13.8. The van der Waals surface area contributed by atoms with E-state index >= 15 is 0 Å². The number of carbonyl (C=O) groups excluding carboxylic acids is 1. The van der Waals surface area contributed by atoms with Gasteiger partial charge in [-0.25, -0.2) is 8.42 Å². The van der Waals surface area contributed by atoms with E-state index in [9.17, 15) is 13.2 Å². The van der Waals surface area contributed by atoms with Gasteiger partial charge in [-0.2, -0.15) is 0 Å². The number of anilines is 2. The highest BCUT2D eigenvalue weighted by Crippen LogP contribution is 2.35. The van der Waals surface area contributed by atoms with E-state index in [2.05, 4.69) is 17.4 Å². The number of nitrogens with zero attached hydrogens (tertiary/aromatic N) is 1. The number of aryl methyl sites for hydroxylation is 2. The van der Waals surface area contributed by atoms with E-state index in [1.807, 2.05) is 18.2 Å². The molecule has 7 heteroatoms. The molecule has 4 rings (SSSR count). The summed E-state index contributed by atoms with van der Waals surface area (Å²) in [4.78, 5) is 12.4. The Hall–Kier alpha value is -3.06. The predicted octanol–water partition coefficient (Wildman–Crippen LogP) is 3.35.